The van der Waals surface area contributed by atoms with Crippen molar-refractivity contribution in [3.63, 3.8) is 0 Å². The number of nitrogens with zero attached hydrogens (tertiary/aromatic N) is 1. The van der Waals surface area contributed by atoms with E-state index < -0.39 is 0 Å². The van der Waals surface area contributed by atoms with Crippen LogP contribution < -0.4 is 33.6 Å². The van der Waals surface area contributed by atoms with Gasteiger partial charge in [0, 0.05) is 30.6 Å². The van der Waals surface area contributed by atoms with E-state index in [0.29, 0.717) is 4.58 Å². The molecule has 0 spiro atoms. The molecule has 2 saturated heterocycles. The quantitative estimate of drug-likeness (QED) is 0.356. The molecule has 1 aromatic rings. The minimum absolute atomic E-state index is 0. The lowest BCUT2D eigenvalue weighted by atomic mass is 10.2. The van der Waals surface area contributed by atoms with Gasteiger partial charge in [0.15, 0.2) is 4.58 Å². The van der Waals surface area contributed by atoms with Gasteiger partial charge in [-0.3, -0.25) is 0 Å². The summed E-state index contributed by atoms with van der Waals surface area (Å²) >= 11 is 3.56. The van der Waals surface area contributed by atoms with Crippen molar-refractivity contribution in [2.24, 2.45) is 0 Å². The van der Waals surface area contributed by atoms with Gasteiger partial charge in [0.2, 0.25) is 0 Å². The topological polar surface area (TPSA) is 21.7 Å². The van der Waals surface area contributed by atoms with Crippen molar-refractivity contribution < 1.29 is 33.5 Å². The Morgan fingerprint density at radius 2 is 2.15 bits per heavy atom. The molecular weight excluding hydrogens is 405 g/mol. The summed E-state index contributed by atoms with van der Waals surface area (Å²) < 4.78 is 11.6. The van der Waals surface area contributed by atoms with E-state index in [1.54, 1.807) is 7.11 Å². The molecule has 0 aromatic heterocycles. The molecule has 0 saturated carbocycles. The van der Waals surface area contributed by atoms with E-state index in [4.69, 9.17) is 9.47 Å². The van der Waals surface area contributed by atoms with Crippen molar-refractivity contribution in [2.45, 2.75) is 4.58 Å². The number of ether oxygens (including phenoxy) is 2. The van der Waals surface area contributed by atoms with Crippen LogP contribution >= 0.6 is 11.8 Å². The highest BCUT2D eigenvalue weighted by atomic mass is 127. The van der Waals surface area contributed by atoms with Crippen molar-refractivity contribution in [1.82, 2.24) is 0 Å². The monoisotopic (exact) mass is 425 g/mol. The van der Waals surface area contributed by atoms with Crippen LogP contribution in [0.1, 0.15) is 10.1 Å². The van der Waals surface area contributed by atoms with E-state index in [-0.39, 0.29) is 24.0 Å². The van der Waals surface area contributed by atoms with Gasteiger partial charge in [0.25, 0.3) is 0 Å². The Balaban J connectivity index is 0.00000147. The van der Waals surface area contributed by atoms with Gasteiger partial charge in [-0.1, -0.05) is 11.8 Å². The zero-order valence-corrected chi connectivity index (χ0v) is 15.4. The molecule has 2 fully saturated rings. The smallest absolute Gasteiger partial charge is 0.190 e. The highest BCUT2D eigenvalue weighted by Crippen LogP contribution is 2.41. The molecule has 2 heterocycles. The lowest BCUT2D eigenvalue weighted by Crippen LogP contribution is -3.00. The van der Waals surface area contributed by atoms with Crippen molar-refractivity contribution in [2.75, 3.05) is 49.8 Å². The number of methoxy groups -OCH3 is 1. The number of halogens is 1. The Labute approximate surface area is 146 Å². The van der Waals surface area contributed by atoms with Gasteiger partial charge in [-0.15, -0.1) is 0 Å². The Kier molecular flexibility index (Phi) is 6.64. The molecule has 20 heavy (non-hydrogen) atoms. The van der Waals surface area contributed by atoms with Crippen molar-refractivity contribution in [1.29, 1.82) is 0 Å². The standard InChI is InChI=1S/C14H19NO2S2.HI/c1-16-13-10-11(15-4-6-17-7-5-15)2-3-12(13)14-18-8-9-19-14;/h2-3,10,14H,4-9H2,1H3;1H. The van der Waals surface area contributed by atoms with Crippen molar-refractivity contribution in [3.8, 4) is 5.75 Å². The maximum Gasteiger partial charge on any atom is 0.190 e. The van der Waals surface area contributed by atoms with Gasteiger partial charge in [0.1, 0.15) is 11.5 Å². The largest absolute Gasteiger partial charge is 1.00 e. The molecule has 1 unspecified atom stereocenters. The van der Waals surface area contributed by atoms with Gasteiger partial charge in [-0.25, -0.2) is 0 Å². The minimum Gasteiger partial charge on any atom is -1.00 e. The second-order valence-electron chi connectivity index (χ2n) is 4.66. The van der Waals surface area contributed by atoms with Crippen LogP contribution in [0.4, 0.5) is 5.69 Å². The third-order valence-corrected chi connectivity index (χ3v) is 6.82. The molecule has 1 aromatic carbocycles. The van der Waals surface area contributed by atoms with E-state index in [2.05, 4.69) is 23.1 Å². The number of hydrogen-bond acceptors (Lipinski definition) is 4. The van der Waals surface area contributed by atoms with Crippen molar-refractivity contribution in [3.05, 3.63) is 23.8 Å². The molecule has 0 radical (unpaired) electrons. The third-order valence-electron chi connectivity index (χ3n) is 3.52. The van der Waals surface area contributed by atoms with Gasteiger partial charge in [0.05, 0.1) is 25.9 Å². The Morgan fingerprint density at radius 1 is 1.35 bits per heavy atom. The molecule has 0 amide bonds. The highest BCUT2D eigenvalue weighted by Gasteiger charge is 2.29. The first-order valence-electron chi connectivity index (χ1n) is 6.67. The third kappa shape index (κ3) is 3.69. The number of thiol groups is 1. The zero-order chi connectivity index (χ0) is 13.1. The van der Waals surface area contributed by atoms with E-state index in [1.807, 2.05) is 11.8 Å². The summed E-state index contributed by atoms with van der Waals surface area (Å²) in [4.78, 5) is 2.37. The van der Waals surface area contributed by atoms with Crippen LogP contribution in [0.15, 0.2) is 18.2 Å². The maximum atomic E-state index is 5.61. The van der Waals surface area contributed by atoms with Crippen LogP contribution in [-0.2, 0) is 16.5 Å². The van der Waals surface area contributed by atoms with E-state index in [1.165, 1.54) is 34.5 Å². The summed E-state index contributed by atoms with van der Waals surface area (Å²) in [6.07, 6.45) is 0. The highest BCUT2D eigenvalue weighted by molar-refractivity contribution is 8.11. The van der Waals surface area contributed by atoms with Crippen LogP contribution in [0.2, 0.25) is 0 Å². The van der Waals surface area contributed by atoms with E-state index in [9.17, 15) is 0 Å². The first kappa shape index (κ1) is 16.6. The Bertz CT molecular complexity index is 435. The maximum absolute atomic E-state index is 5.61. The first-order chi connectivity index (χ1) is 9.38. The Hall–Kier alpha value is 0.210. The normalized spacial score (nSPS) is 22.4. The lowest BCUT2D eigenvalue weighted by Gasteiger charge is -2.29. The van der Waals surface area contributed by atoms with E-state index >= 15 is 0 Å². The summed E-state index contributed by atoms with van der Waals surface area (Å²) in [6.45, 7) is 3.58. The van der Waals surface area contributed by atoms with Crippen LogP contribution in [0.25, 0.3) is 0 Å². The number of hydrogen-bond donors (Lipinski definition) is 0. The van der Waals surface area contributed by atoms with Gasteiger partial charge < -0.3 is 38.4 Å². The van der Waals surface area contributed by atoms with Gasteiger partial charge in [-0.2, -0.15) is 0 Å². The average molecular weight is 425 g/mol. The zero-order valence-electron chi connectivity index (χ0n) is 11.5. The van der Waals surface area contributed by atoms with E-state index in [0.717, 1.165) is 32.1 Å². The molecular formula is C14H20INO2S2. The predicted octanol–water partition coefficient (Wildman–Crippen LogP) is -0.904. The van der Waals surface area contributed by atoms with Crippen LogP contribution in [0, 0.1) is 0 Å². The van der Waals surface area contributed by atoms with Crippen LogP contribution in [0.5, 0.6) is 5.75 Å². The molecule has 6 heteroatoms. The fraction of sp³-hybridized carbons (Fsp3) is 0.571. The first-order valence-corrected chi connectivity index (χ1v) is 8.87. The van der Waals surface area contributed by atoms with Crippen LogP contribution in [-0.4, -0.2) is 44.9 Å². The molecule has 2 aliphatic rings. The molecule has 3 rings (SSSR count). The fourth-order valence-corrected chi connectivity index (χ4v) is 5.64. The van der Waals surface area contributed by atoms with Crippen LogP contribution in [0.3, 0.4) is 0 Å². The van der Waals surface area contributed by atoms with Crippen molar-refractivity contribution >= 4 is 29.2 Å². The fourth-order valence-electron chi connectivity index (χ4n) is 2.50. The number of rotatable bonds is 3. The second-order valence-corrected chi connectivity index (χ2v) is 7.55. The summed E-state index contributed by atoms with van der Waals surface area (Å²) in [6, 6.07) is 6.67. The number of benzene rings is 1. The summed E-state index contributed by atoms with van der Waals surface area (Å²) in [7, 11) is 1.78. The number of thioether (sulfide) groups is 1. The molecule has 1 atom stereocenters. The molecule has 0 bridgehead atoms. The molecule has 0 aliphatic carbocycles. The molecule has 2 aliphatic heterocycles. The lowest BCUT2D eigenvalue weighted by molar-refractivity contribution is -0.00000473. The summed E-state index contributed by atoms with van der Waals surface area (Å²) in [5.41, 5.74) is 2.60. The Morgan fingerprint density at radius 3 is 2.80 bits per heavy atom. The molecule has 112 valence electrons. The van der Waals surface area contributed by atoms with Gasteiger partial charge in [-0.05, 0) is 23.9 Å². The number of morpholine rings is 1. The minimum atomic E-state index is 0. The summed E-state index contributed by atoms with van der Waals surface area (Å²) in [5.74, 6) is 3.60. The number of anilines is 1. The molecule has 0 N–H and O–H groups in total. The average Bonchev–Trinajstić information content (AvgIpc) is 3.01. The molecule has 3 nitrogen and oxygen atoms in total. The van der Waals surface area contributed by atoms with Gasteiger partial charge >= 0.3 is 0 Å². The second kappa shape index (κ2) is 8.00. The summed E-state index contributed by atoms with van der Waals surface area (Å²) in [5, 5.41) is 0. The SMILES string of the molecule is COc1cc(N2CCOCC2)ccc1C1SCC[SH+]1.[I-]. The predicted molar refractivity (Wildman–Crippen MR) is 84.9 cm³/mol.